The van der Waals surface area contributed by atoms with Crippen molar-refractivity contribution in [1.29, 1.82) is 0 Å². The van der Waals surface area contributed by atoms with Gasteiger partial charge in [-0.3, -0.25) is 9.59 Å². The smallest absolute Gasteiger partial charge is 0.366 e. The first-order chi connectivity index (χ1) is 13.8. The standard InChI is InChI=1S/C20H23F3N4O2/c1-12-14(18(28)26-10-6-3-7-11-26)19(29)27-17(24-12)15(13-8-4-2-5-9-13)16(25-27)20(21,22)23/h2,4-5,8-9,15-17,24-25H,3,6-7,10-11H2,1H3. The van der Waals surface area contributed by atoms with Crippen LogP contribution in [0.1, 0.15) is 37.7 Å². The first-order valence-electron chi connectivity index (χ1n) is 9.77. The minimum atomic E-state index is -4.56. The van der Waals surface area contributed by atoms with Crippen molar-refractivity contribution in [1.82, 2.24) is 20.7 Å². The molecule has 0 spiro atoms. The molecule has 9 heteroatoms. The van der Waals surface area contributed by atoms with Gasteiger partial charge in [-0.25, -0.2) is 10.4 Å². The number of piperidine rings is 1. The Labute approximate surface area is 166 Å². The van der Waals surface area contributed by atoms with Gasteiger partial charge in [-0.2, -0.15) is 13.2 Å². The Balaban J connectivity index is 1.68. The van der Waals surface area contributed by atoms with E-state index in [9.17, 15) is 22.8 Å². The number of hydrogen-bond acceptors (Lipinski definition) is 4. The van der Waals surface area contributed by atoms with Crippen LogP contribution in [-0.2, 0) is 9.59 Å². The molecule has 2 amide bonds. The number of nitrogens with one attached hydrogen (secondary N) is 2. The zero-order valence-corrected chi connectivity index (χ0v) is 16.0. The summed E-state index contributed by atoms with van der Waals surface area (Å²) >= 11 is 0. The van der Waals surface area contributed by atoms with Crippen molar-refractivity contribution in [2.75, 3.05) is 13.1 Å². The highest BCUT2D eigenvalue weighted by molar-refractivity contribution is 6.19. The lowest BCUT2D eigenvalue weighted by Crippen LogP contribution is -2.57. The van der Waals surface area contributed by atoms with Crippen molar-refractivity contribution >= 4 is 11.8 Å². The van der Waals surface area contributed by atoms with E-state index < -0.39 is 36.1 Å². The molecule has 0 bridgehead atoms. The van der Waals surface area contributed by atoms with Gasteiger partial charge in [0.1, 0.15) is 17.8 Å². The lowest BCUT2D eigenvalue weighted by molar-refractivity contribution is -0.161. The zero-order chi connectivity index (χ0) is 20.8. The fraction of sp³-hybridized carbons (Fsp3) is 0.500. The number of hydrogen-bond donors (Lipinski definition) is 2. The van der Waals surface area contributed by atoms with Crippen molar-refractivity contribution < 1.29 is 22.8 Å². The second-order valence-corrected chi connectivity index (χ2v) is 7.70. The number of hydrazine groups is 1. The zero-order valence-electron chi connectivity index (χ0n) is 16.0. The molecule has 3 aliphatic heterocycles. The van der Waals surface area contributed by atoms with Gasteiger partial charge in [-0.1, -0.05) is 30.3 Å². The first kappa shape index (κ1) is 19.8. The molecule has 3 aliphatic rings. The number of allylic oxidation sites excluding steroid dienone is 1. The molecule has 156 valence electrons. The summed E-state index contributed by atoms with van der Waals surface area (Å²) in [6, 6.07) is 6.37. The number of nitrogens with zero attached hydrogens (tertiary/aromatic N) is 2. The molecule has 3 heterocycles. The van der Waals surface area contributed by atoms with Crippen LogP contribution >= 0.6 is 0 Å². The third kappa shape index (κ3) is 3.48. The first-order valence-corrected chi connectivity index (χ1v) is 9.77. The molecule has 6 nitrogen and oxygen atoms in total. The Kier molecular flexibility index (Phi) is 5.02. The van der Waals surface area contributed by atoms with Crippen LogP contribution in [0, 0.1) is 0 Å². The van der Waals surface area contributed by atoms with Gasteiger partial charge in [-0.05, 0) is 31.7 Å². The van der Waals surface area contributed by atoms with Crippen molar-refractivity contribution in [2.24, 2.45) is 0 Å². The van der Waals surface area contributed by atoms with Gasteiger partial charge < -0.3 is 10.2 Å². The predicted octanol–water partition coefficient (Wildman–Crippen LogP) is 2.26. The fourth-order valence-corrected chi connectivity index (χ4v) is 4.40. The molecule has 0 radical (unpaired) electrons. The third-order valence-electron chi connectivity index (χ3n) is 5.82. The fourth-order valence-electron chi connectivity index (χ4n) is 4.40. The molecule has 0 aromatic heterocycles. The summed E-state index contributed by atoms with van der Waals surface area (Å²) < 4.78 is 41.4. The van der Waals surface area contributed by atoms with Crippen LogP contribution in [0.4, 0.5) is 13.2 Å². The largest absolute Gasteiger partial charge is 0.406 e. The summed E-state index contributed by atoms with van der Waals surface area (Å²) in [4.78, 5) is 27.6. The molecule has 1 aromatic rings. The maximum atomic E-state index is 13.8. The lowest BCUT2D eigenvalue weighted by Gasteiger charge is -2.36. The van der Waals surface area contributed by atoms with Gasteiger partial charge in [0.15, 0.2) is 0 Å². The molecule has 0 saturated carbocycles. The van der Waals surface area contributed by atoms with Crippen LogP contribution in [0.25, 0.3) is 0 Å². The minimum absolute atomic E-state index is 0.0923. The number of rotatable bonds is 2. The topological polar surface area (TPSA) is 64.7 Å². The number of alkyl halides is 3. The molecule has 2 fully saturated rings. The van der Waals surface area contributed by atoms with Gasteiger partial charge in [0.05, 0.1) is 5.92 Å². The summed E-state index contributed by atoms with van der Waals surface area (Å²) in [5, 5.41) is 3.95. The lowest BCUT2D eigenvalue weighted by atomic mass is 9.89. The average molecular weight is 408 g/mol. The number of carbonyl (C=O) groups is 2. The van der Waals surface area contributed by atoms with Crippen LogP contribution in [0.15, 0.2) is 41.6 Å². The molecule has 0 aliphatic carbocycles. The van der Waals surface area contributed by atoms with Gasteiger partial charge in [0.2, 0.25) is 0 Å². The van der Waals surface area contributed by atoms with E-state index in [0.29, 0.717) is 24.4 Å². The predicted molar refractivity (Wildman–Crippen MR) is 99.1 cm³/mol. The van der Waals surface area contributed by atoms with Gasteiger partial charge >= 0.3 is 6.18 Å². The van der Waals surface area contributed by atoms with E-state index in [2.05, 4.69) is 10.7 Å². The number of fused-ring (bicyclic) bond motifs is 1. The number of halogens is 3. The van der Waals surface area contributed by atoms with E-state index in [1.165, 1.54) is 0 Å². The number of amides is 2. The maximum absolute atomic E-state index is 13.8. The molecule has 29 heavy (non-hydrogen) atoms. The van der Waals surface area contributed by atoms with E-state index in [1.54, 1.807) is 42.2 Å². The Bertz CT molecular complexity index is 834. The number of benzene rings is 1. The second-order valence-electron chi connectivity index (χ2n) is 7.70. The monoisotopic (exact) mass is 408 g/mol. The molecule has 2 N–H and O–H groups in total. The van der Waals surface area contributed by atoms with Crippen LogP contribution in [0.2, 0.25) is 0 Å². The quantitative estimate of drug-likeness (QED) is 0.737. The SMILES string of the molecule is CC1=C(C(=O)N2CCCCC2)C(=O)N2NC(C(F)(F)F)C(c3ccccc3)C2N1. The Morgan fingerprint density at radius 3 is 2.38 bits per heavy atom. The van der Waals surface area contributed by atoms with E-state index in [4.69, 9.17) is 0 Å². The van der Waals surface area contributed by atoms with Crippen LogP contribution < -0.4 is 10.7 Å². The van der Waals surface area contributed by atoms with Gasteiger partial charge in [0, 0.05) is 18.8 Å². The molecular formula is C20H23F3N4O2. The Morgan fingerprint density at radius 2 is 1.76 bits per heavy atom. The van der Waals surface area contributed by atoms with Gasteiger partial charge in [0.25, 0.3) is 11.8 Å². The summed E-state index contributed by atoms with van der Waals surface area (Å²) in [6.45, 7) is 2.69. The Hall–Kier alpha value is -2.55. The van der Waals surface area contributed by atoms with Crippen molar-refractivity contribution in [3.63, 3.8) is 0 Å². The second kappa shape index (κ2) is 7.37. The van der Waals surface area contributed by atoms with Crippen LogP contribution in [-0.4, -0.2) is 53.2 Å². The molecule has 4 rings (SSSR count). The Morgan fingerprint density at radius 1 is 1.10 bits per heavy atom. The van der Waals surface area contributed by atoms with E-state index >= 15 is 0 Å². The van der Waals surface area contributed by atoms with Gasteiger partial charge in [-0.15, -0.1) is 0 Å². The van der Waals surface area contributed by atoms with E-state index in [-0.39, 0.29) is 5.57 Å². The summed E-state index contributed by atoms with van der Waals surface area (Å²) in [7, 11) is 0. The summed E-state index contributed by atoms with van der Waals surface area (Å²) in [6.07, 6.45) is -2.76. The average Bonchev–Trinajstić information content (AvgIpc) is 3.09. The highest BCUT2D eigenvalue weighted by Crippen LogP contribution is 2.41. The highest BCUT2D eigenvalue weighted by atomic mass is 19.4. The van der Waals surface area contributed by atoms with E-state index in [0.717, 1.165) is 24.3 Å². The normalized spacial score (nSPS) is 27.7. The molecule has 3 atom stereocenters. The van der Waals surface area contributed by atoms with Crippen LogP contribution in [0.5, 0.6) is 0 Å². The van der Waals surface area contributed by atoms with Crippen molar-refractivity contribution in [3.05, 3.63) is 47.2 Å². The summed E-state index contributed by atoms with van der Waals surface area (Å²) in [5.74, 6) is -2.18. The van der Waals surface area contributed by atoms with E-state index in [1.807, 2.05) is 0 Å². The molecule has 3 unspecified atom stereocenters. The van der Waals surface area contributed by atoms with Crippen molar-refractivity contribution in [2.45, 2.75) is 50.5 Å². The van der Waals surface area contributed by atoms with Crippen LogP contribution in [0.3, 0.4) is 0 Å². The number of carbonyl (C=O) groups excluding carboxylic acids is 2. The molecular weight excluding hydrogens is 385 g/mol. The minimum Gasteiger partial charge on any atom is -0.366 e. The maximum Gasteiger partial charge on any atom is 0.406 e. The summed E-state index contributed by atoms with van der Waals surface area (Å²) in [5.41, 5.74) is 3.02. The van der Waals surface area contributed by atoms with Crippen molar-refractivity contribution in [3.8, 4) is 0 Å². The molecule has 2 saturated heterocycles. The third-order valence-corrected chi connectivity index (χ3v) is 5.82. The number of likely N-dealkylation sites (tertiary alicyclic amines) is 1. The molecule has 1 aromatic carbocycles. The highest BCUT2D eigenvalue weighted by Gasteiger charge is 2.58.